The lowest BCUT2D eigenvalue weighted by Gasteiger charge is -2.34. The Hall–Kier alpha value is -2.96. The Morgan fingerprint density at radius 2 is 1.74 bits per heavy atom. The maximum absolute atomic E-state index is 12.7. The second-order valence-electron chi connectivity index (χ2n) is 6.41. The van der Waals surface area contributed by atoms with E-state index in [0.29, 0.717) is 37.7 Å². The molecule has 7 nitrogen and oxygen atoms in total. The average molecular weight is 372 g/mol. The highest BCUT2D eigenvalue weighted by Gasteiger charge is 2.26. The molecule has 0 N–H and O–H groups in total. The van der Waals surface area contributed by atoms with Crippen LogP contribution in [0.2, 0.25) is 0 Å². The number of benzene rings is 1. The molecule has 144 valence electrons. The molecule has 1 aliphatic heterocycles. The third-order valence-electron chi connectivity index (χ3n) is 4.85. The molecular weight excluding hydrogens is 348 g/mol. The van der Waals surface area contributed by atoms with Crippen LogP contribution in [0.25, 0.3) is 0 Å². The van der Waals surface area contributed by atoms with Gasteiger partial charge < -0.3 is 23.7 Å². The predicted molar refractivity (Wildman–Crippen MR) is 99.2 cm³/mol. The zero-order chi connectivity index (χ0) is 19.4. The van der Waals surface area contributed by atoms with Gasteiger partial charge in [-0.1, -0.05) is 6.07 Å². The van der Waals surface area contributed by atoms with Gasteiger partial charge in [0.05, 0.1) is 26.9 Å². The maximum Gasteiger partial charge on any atom is 0.289 e. The summed E-state index contributed by atoms with van der Waals surface area (Å²) < 4.78 is 16.0. The Morgan fingerprint density at radius 3 is 2.33 bits per heavy atom. The zero-order valence-corrected chi connectivity index (χ0v) is 15.9. The van der Waals surface area contributed by atoms with Gasteiger partial charge in [0.1, 0.15) is 11.5 Å². The Kier molecular flexibility index (Phi) is 5.69. The van der Waals surface area contributed by atoms with E-state index in [0.717, 1.165) is 16.9 Å². The van der Waals surface area contributed by atoms with Gasteiger partial charge in [0.2, 0.25) is 5.91 Å². The molecule has 0 radical (unpaired) electrons. The van der Waals surface area contributed by atoms with Crippen LogP contribution in [0, 0.1) is 6.92 Å². The highest BCUT2D eigenvalue weighted by molar-refractivity contribution is 5.91. The number of hydrogen-bond acceptors (Lipinski definition) is 5. The quantitative estimate of drug-likeness (QED) is 0.804. The third kappa shape index (κ3) is 3.92. The SMILES string of the molecule is COc1ccc(CC(=O)N2CCN(C(=O)c3ccco3)CC2)c(OC)c1C. The Labute approximate surface area is 158 Å². The van der Waals surface area contributed by atoms with Gasteiger partial charge in [-0.25, -0.2) is 0 Å². The molecule has 1 fully saturated rings. The molecular formula is C20H24N2O5. The van der Waals surface area contributed by atoms with Crippen molar-refractivity contribution in [1.29, 1.82) is 0 Å². The monoisotopic (exact) mass is 372 g/mol. The maximum atomic E-state index is 12.7. The van der Waals surface area contributed by atoms with E-state index in [2.05, 4.69) is 0 Å². The number of ether oxygens (including phenoxy) is 2. The van der Waals surface area contributed by atoms with Crippen LogP contribution in [-0.4, -0.2) is 62.0 Å². The van der Waals surface area contributed by atoms with Crippen molar-refractivity contribution in [3.05, 3.63) is 47.4 Å². The summed E-state index contributed by atoms with van der Waals surface area (Å²) in [5.41, 5.74) is 1.70. The predicted octanol–water partition coefficient (Wildman–Crippen LogP) is 2.13. The molecule has 0 unspecified atom stereocenters. The fraction of sp³-hybridized carbons (Fsp3) is 0.400. The van der Waals surface area contributed by atoms with Crippen LogP contribution in [0.3, 0.4) is 0 Å². The Morgan fingerprint density at radius 1 is 1.04 bits per heavy atom. The molecule has 1 aromatic carbocycles. The lowest BCUT2D eigenvalue weighted by molar-refractivity contribution is -0.131. The third-order valence-corrected chi connectivity index (χ3v) is 4.85. The van der Waals surface area contributed by atoms with E-state index < -0.39 is 0 Å². The molecule has 2 aromatic rings. The van der Waals surface area contributed by atoms with Crippen molar-refractivity contribution in [2.45, 2.75) is 13.3 Å². The highest BCUT2D eigenvalue weighted by atomic mass is 16.5. The lowest BCUT2D eigenvalue weighted by Crippen LogP contribution is -2.50. The number of piperazine rings is 1. The fourth-order valence-corrected chi connectivity index (χ4v) is 3.36. The van der Waals surface area contributed by atoms with E-state index in [9.17, 15) is 9.59 Å². The summed E-state index contributed by atoms with van der Waals surface area (Å²) in [6.45, 7) is 3.89. The minimum Gasteiger partial charge on any atom is -0.496 e. The van der Waals surface area contributed by atoms with Crippen LogP contribution < -0.4 is 9.47 Å². The molecule has 2 heterocycles. The van der Waals surface area contributed by atoms with E-state index in [4.69, 9.17) is 13.9 Å². The van der Waals surface area contributed by atoms with Crippen LogP contribution in [0.5, 0.6) is 11.5 Å². The minimum absolute atomic E-state index is 0.0166. The first-order chi connectivity index (χ1) is 13.0. The molecule has 3 rings (SSSR count). The van der Waals surface area contributed by atoms with E-state index in [1.54, 1.807) is 36.2 Å². The highest BCUT2D eigenvalue weighted by Crippen LogP contribution is 2.31. The van der Waals surface area contributed by atoms with Crippen molar-refractivity contribution in [2.75, 3.05) is 40.4 Å². The molecule has 0 bridgehead atoms. The Balaban J connectivity index is 1.62. The van der Waals surface area contributed by atoms with Gasteiger partial charge in [-0.3, -0.25) is 9.59 Å². The molecule has 0 aliphatic carbocycles. The summed E-state index contributed by atoms with van der Waals surface area (Å²) in [6.07, 6.45) is 1.73. The summed E-state index contributed by atoms with van der Waals surface area (Å²) in [4.78, 5) is 28.5. The van der Waals surface area contributed by atoms with Crippen LogP contribution in [0.15, 0.2) is 34.9 Å². The van der Waals surface area contributed by atoms with Gasteiger partial charge in [0.15, 0.2) is 5.76 Å². The second-order valence-corrected chi connectivity index (χ2v) is 6.41. The molecule has 0 saturated carbocycles. The molecule has 1 aromatic heterocycles. The molecule has 0 atom stereocenters. The first kappa shape index (κ1) is 18.8. The minimum atomic E-state index is -0.139. The first-order valence-electron chi connectivity index (χ1n) is 8.86. The summed E-state index contributed by atoms with van der Waals surface area (Å²) in [5, 5.41) is 0. The van der Waals surface area contributed by atoms with Crippen LogP contribution >= 0.6 is 0 Å². The van der Waals surface area contributed by atoms with Crippen molar-refractivity contribution < 1.29 is 23.5 Å². The van der Waals surface area contributed by atoms with Crippen LogP contribution in [0.4, 0.5) is 0 Å². The molecule has 1 saturated heterocycles. The molecule has 2 amide bonds. The van der Waals surface area contributed by atoms with Gasteiger partial charge in [0, 0.05) is 37.3 Å². The normalized spacial score (nSPS) is 14.2. The fourth-order valence-electron chi connectivity index (χ4n) is 3.36. The number of methoxy groups -OCH3 is 2. The van der Waals surface area contributed by atoms with Gasteiger partial charge in [-0.15, -0.1) is 0 Å². The van der Waals surface area contributed by atoms with Gasteiger partial charge in [-0.05, 0) is 25.1 Å². The van der Waals surface area contributed by atoms with Crippen LogP contribution in [0.1, 0.15) is 21.7 Å². The van der Waals surface area contributed by atoms with Gasteiger partial charge in [0.25, 0.3) is 5.91 Å². The average Bonchev–Trinajstić information content (AvgIpc) is 3.23. The van der Waals surface area contributed by atoms with Crippen molar-refractivity contribution in [3.63, 3.8) is 0 Å². The van der Waals surface area contributed by atoms with Crippen molar-refractivity contribution in [2.24, 2.45) is 0 Å². The summed E-state index contributed by atoms with van der Waals surface area (Å²) >= 11 is 0. The number of amides is 2. The van der Waals surface area contributed by atoms with Crippen LogP contribution in [-0.2, 0) is 11.2 Å². The molecule has 0 spiro atoms. The molecule has 7 heteroatoms. The number of carbonyl (C=O) groups is 2. The largest absolute Gasteiger partial charge is 0.496 e. The van der Waals surface area contributed by atoms with Gasteiger partial charge in [-0.2, -0.15) is 0 Å². The standard InChI is InChI=1S/C20H24N2O5/c1-14-16(25-2)7-6-15(19(14)26-3)13-18(23)21-8-10-22(11-9-21)20(24)17-5-4-12-27-17/h4-7,12H,8-11,13H2,1-3H3. The zero-order valence-electron chi connectivity index (χ0n) is 15.9. The van der Waals surface area contributed by atoms with Crippen molar-refractivity contribution in [1.82, 2.24) is 9.80 Å². The van der Waals surface area contributed by atoms with Crippen molar-refractivity contribution in [3.8, 4) is 11.5 Å². The smallest absolute Gasteiger partial charge is 0.289 e. The van der Waals surface area contributed by atoms with Crippen molar-refractivity contribution >= 4 is 11.8 Å². The summed E-state index contributed by atoms with van der Waals surface area (Å²) in [6, 6.07) is 7.05. The second kappa shape index (κ2) is 8.16. The van der Waals surface area contributed by atoms with E-state index in [1.165, 1.54) is 6.26 Å². The molecule has 1 aliphatic rings. The molecule has 27 heavy (non-hydrogen) atoms. The number of hydrogen-bond donors (Lipinski definition) is 0. The number of carbonyl (C=O) groups excluding carboxylic acids is 2. The number of nitrogens with zero attached hydrogens (tertiary/aromatic N) is 2. The topological polar surface area (TPSA) is 72.2 Å². The first-order valence-corrected chi connectivity index (χ1v) is 8.86. The lowest BCUT2D eigenvalue weighted by atomic mass is 10.0. The summed E-state index contributed by atoms with van der Waals surface area (Å²) in [7, 11) is 3.20. The van der Waals surface area contributed by atoms with E-state index in [1.807, 2.05) is 19.1 Å². The van der Waals surface area contributed by atoms with Gasteiger partial charge >= 0.3 is 0 Å². The van der Waals surface area contributed by atoms with E-state index in [-0.39, 0.29) is 18.2 Å². The summed E-state index contributed by atoms with van der Waals surface area (Å²) in [5.74, 6) is 1.61. The number of rotatable bonds is 5. The Bertz CT molecular complexity index is 808. The number of furan rings is 1. The van der Waals surface area contributed by atoms with E-state index >= 15 is 0 Å².